The highest BCUT2D eigenvalue weighted by Gasteiger charge is 2.54. The van der Waals surface area contributed by atoms with Gasteiger partial charge in [0, 0.05) is 10.0 Å². The van der Waals surface area contributed by atoms with Gasteiger partial charge in [0.05, 0.1) is 36.0 Å². The van der Waals surface area contributed by atoms with Crippen LogP contribution in [0.5, 0.6) is 0 Å². The van der Waals surface area contributed by atoms with Gasteiger partial charge in [0.1, 0.15) is 11.9 Å². The van der Waals surface area contributed by atoms with Gasteiger partial charge in [-0.15, -0.1) is 0 Å². The highest BCUT2D eigenvalue weighted by molar-refractivity contribution is 7.93. The average molecular weight is 664 g/mol. The standard InChI is InChI=1S/C32H33Cl2FN2O6S/c1-3-24(19-36(44(41,42)25-15-16-25)27-10-5-4-9-26(27)35)37-29(20-11-13-22(33)14-12-20)30(21-7-6-8-23(34)17-21)43-32(2,31(37)40)18-28(38)39/h4-14,17,24-25,29-30H,3,15-16,18-19H2,1-2H3,(H,38,39)/t24?,29-,30-,32-/m1/s1. The Labute approximate surface area is 266 Å². The number of carbonyl (C=O) groups excluding carboxylic acids is 1. The average Bonchev–Trinajstić information content (AvgIpc) is 3.83. The summed E-state index contributed by atoms with van der Waals surface area (Å²) in [7, 11) is -3.98. The fourth-order valence-corrected chi connectivity index (χ4v) is 8.03. The molecule has 3 aromatic carbocycles. The quantitative estimate of drug-likeness (QED) is 0.243. The lowest BCUT2D eigenvalue weighted by molar-refractivity contribution is -0.206. The first-order valence-electron chi connectivity index (χ1n) is 14.3. The minimum Gasteiger partial charge on any atom is -0.481 e. The molecule has 1 amide bonds. The third-order valence-electron chi connectivity index (χ3n) is 8.15. The summed E-state index contributed by atoms with van der Waals surface area (Å²) >= 11 is 12.6. The van der Waals surface area contributed by atoms with Crippen molar-refractivity contribution in [1.82, 2.24) is 4.90 Å². The van der Waals surface area contributed by atoms with Crippen LogP contribution in [0.2, 0.25) is 10.0 Å². The van der Waals surface area contributed by atoms with E-state index in [2.05, 4.69) is 0 Å². The summed E-state index contributed by atoms with van der Waals surface area (Å²) in [6, 6.07) is 17.7. The van der Waals surface area contributed by atoms with Gasteiger partial charge >= 0.3 is 5.97 Å². The van der Waals surface area contributed by atoms with E-state index in [0.29, 0.717) is 34.0 Å². The maximum atomic E-state index is 15.2. The summed E-state index contributed by atoms with van der Waals surface area (Å²) in [5, 5.41) is 10.1. The predicted octanol–water partition coefficient (Wildman–Crippen LogP) is 6.78. The fraction of sp³-hybridized carbons (Fsp3) is 0.375. The lowest BCUT2D eigenvalue weighted by atomic mass is 9.85. The largest absolute Gasteiger partial charge is 0.481 e. The van der Waals surface area contributed by atoms with Crippen LogP contribution in [-0.2, 0) is 24.3 Å². The number of rotatable bonds is 11. The number of carboxylic acid groups (broad SMARTS) is 1. The summed E-state index contributed by atoms with van der Waals surface area (Å²) in [6.45, 7) is 2.98. The van der Waals surface area contributed by atoms with Crippen LogP contribution in [-0.4, -0.2) is 53.7 Å². The second-order valence-corrected chi connectivity index (χ2v) is 14.4. The van der Waals surface area contributed by atoms with Gasteiger partial charge in [0.25, 0.3) is 5.91 Å². The van der Waals surface area contributed by atoms with Gasteiger partial charge in [-0.1, -0.05) is 66.5 Å². The van der Waals surface area contributed by atoms with E-state index < -0.39 is 63.2 Å². The molecule has 1 heterocycles. The van der Waals surface area contributed by atoms with Gasteiger partial charge in [-0.25, -0.2) is 12.8 Å². The Morgan fingerprint density at radius 2 is 1.75 bits per heavy atom. The summed E-state index contributed by atoms with van der Waals surface area (Å²) in [5.41, 5.74) is -0.696. The second kappa shape index (κ2) is 12.7. The Balaban J connectivity index is 1.69. The molecule has 1 N–H and O–H groups in total. The Bertz CT molecular complexity index is 1650. The van der Waals surface area contributed by atoms with E-state index in [-0.39, 0.29) is 18.7 Å². The first-order valence-corrected chi connectivity index (χ1v) is 16.6. The van der Waals surface area contributed by atoms with Crippen LogP contribution in [0.1, 0.15) is 62.8 Å². The van der Waals surface area contributed by atoms with Crippen LogP contribution in [0.25, 0.3) is 0 Å². The molecular formula is C32H33Cl2FN2O6S. The molecule has 0 bridgehead atoms. The molecule has 8 nitrogen and oxygen atoms in total. The van der Waals surface area contributed by atoms with Crippen molar-refractivity contribution >= 4 is 50.8 Å². The molecule has 234 valence electrons. The number of anilines is 1. The molecule has 0 radical (unpaired) electrons. The molecule has 1 saturated carbocycles. The number of amides is 1. The van der Waals surface area contributed by atoms with E-state index >= 15 is 4.39 Å². The van der Waals surface area contributed by atoms with Crippen molar-refractivity contribution in [2.75, 3.05) is 10.8 Å². The molecule has 2 aliphatic rings. The molecule has 2 fully saturated rings. The number of aliphatic carboxylic acids is 1. The lowest BCUT2D eigenvalue weighted by Gasteiger charge is -2.52. The Morgan fingerprint density at radius 1 is 1.07 bits per heavy atom. The van der Waals surface area contributed by atoms with E-state index in [4.69, 9.17) is 27.9 Å². The van der Waals surface area contributed by atoms with Gasteiger partial charge in [0.2, 0.25) is 10.0 Å². The van der Waals surface area contributed by atoms with Gasteiger partial charge in [0.15, 0.2) is 5.60 Å². The van der Waals surface area contributed by atoms with Gasteiger partial charge in [-0.3, -0.25) is 13.9 Å². The smallest absolute Gasteiger partial charge is 0.306 e. The number of carboxylic acids is 1. The zero-order valence-corrected chi connectivity index (χ0v) is 26.5. The number of carbonyl (C=O) groups is 2. The summed E-state index contributed by atoms with van der Waals surface area (Å²) < 4.78 is 50.2. The molecule has 1 aliphatic carbocycles. The van der Waals surface area contributed by atoms with E-state index in [9.17, 15) is 23.1 Å². The number of para-hydroxylation sites is 1. The second-order valence-electron chi connectivity index (χ2n) is 11.4. The highest BCUT2D eigenvalue weighted by atomic mass is 35.5. The van der Waals surface area contributed by atoms with E-state index in [1.807, 2.05) is 0 Å². The summed E-state index contributed by atoms with van der Waals surface area (Å²) in [4.78, 5) is 28.1. The zero-order chi connectivity index (χ0) is 31.8. The molecule has 0 spiro atoms. The molecule has 44 heavy (non-hydrogen) atoms. The van der Waals surface area contributed by atoms with E-state index in [1.54, 1.807) is 61.5 Å². The monoisotopic (exact) mass is 662 g/mol. The molecule has 4 atom stereocenters. The number of ether oxygens (including phenoxy) is 1. The van der Waals surface area contributed by atoms with Gasteiger partial charge in [-0.2, -0.15) is 0 Å². The molecule has 1 aliphatic heterocycles. The van der Waals surface area contributed by atoms with Crippen LogP contribution in [0.15, 0.2) is 72.8 Å². The topological polar surface area (TPSA) is 104 Å². The maximum absolute atomic E-state index is 15.2. The Morgan fingerprint density at radius 3 is 2.34 bits per heavy atom. The van der Waals surface area contributed by atoms with Crippen molar-refractivity contribution in [1.29, 1.82) is 0 Å². The molecule has 3 aromatic rings. The minimum atomic E-state index is -3.98. The van der Waals surface area contributed by atoms with Crippen LogP contribution >= 0.6 is 23.2 Å². The van der Waals surface area contributed by atoms with Crippen molar-refractivity contribution in [2.45, 2.75) is 68.6 Å². The summed E-state index contributed by atoms with van der Waals surface area (Å²) in [6.07, 6.45) is -0.344. The molecule has 1 unspecified atom stereocenters. The van der Waals surface area contributed by atoms with Crippen molar-refractivity contribution in [3.63, 3.8) is 0 Å². The number of hydrogen-bond acceptors (Lipinski definition) is 5. The van der Waals surface area contributed by atoms with E-state index in [0.717, 1.165) is 4.31 Å². The zero-order valence-electron chi connectivity index (χ0n) is 24.2. The third-order valence-corrected chi connectivity index (χ3v) is 10.9. The number of halogens is 3. The molecule has 0 aromatic heterocycles. The lowest BCUT2D eigenvalue weighted by Crippen LogP contribution is -2.62. The number of benzene rings is 3. The molecular weight excluding hydrogens is 630 g/mol. The highest BCUT2D eigenvalue weighted by Crippen LogP contribution is 2.48. The number of nitrogens with zero attached hydrogens (tertiary/aromatic N) is 2. The SMILES string of the molecule is CCC(CN(c1ccccc1F)S(=O)(=O)C1CC1)N1C(=O)[C@@](C)(CC(=O)O)O[C@H](c2cccc(Cl)c2)[C@H]1c1ccc(Cl)cc1. The maximum Gasteiger partial charge on any atom is 0.306 e. The third kappa shape index (κ3) is 6.44. The van der Waals surface area contributed by atoms with Crippen molar-refractivity contribution in [3.8, 4) is 0 Å². The molecule has 1 saturated heterocycles. The van der Waals surface area contributed by atoms with Crippen LogP contribution in [0.4, 0.5) is 10.1 Å². The Hall–Kier alpha value is -3.18. The van der Waals surface area contributed by atoms with Gasteiger partial charge in [-0.05, 0) is 73.7 Å². The van der Waals surface area contributed by atoms with Gasteiger partial charge < -0.3 is 14.7 Å². The van der Waals surface area contributed by atoms with Crippen molar-refractivity contribution in [2.24, 2.45) is 0 Å². The van der Waals surface area contributed by atoms with Crippen LogP contribution < -0.4 is 4.31 Å². The minimum absolute atomic E-state index is 0.110. The van der Waals surface area contributed by atoms with Crippen LogP contribution in [0.3, 0.4) is 0 Å². The predicted molar refractivity (Wildman–Crippen MR) is 167 cm³/mol. The van der Waals surface area contributed by atoms with Crippen molar-refractivity contribution in [3.05, 3.63) is 99.8 Å². The number of sulfonamides is 1. The van der Waals surface area contributed by atoms with Crippen molar-refractivity contribution < 1.29 is 32.2 Å². The first-order chi connectivity index (χ1) is 20.9. The molecule has 12 heteroatoms. The van der Waals surface area contributed by atoms with Crippen LogP contribution in [0, 0.1) is 5.82 Å². The first kappa shape index (κ1) is 32.2. The Kier molecular flexibility index (Phi) is 9.28. The summed E-state index contributed by atoms with van der Waals surface area (Å²) in [5.74, 6) is -2.57. The fourth-order valence-electron chi connectivity index (χ4n) is 5.81. The normalized spacial score (nSPS) is 22.9. The molecule has 5 rings (SSSR count). The number of hydrogen-bond donors (Lipinski definition) is 1. The number of morpholine rings is 1. The van der Waals surface area contributed by atoms with E-state index in [1.165, 1.54) is 30.0 Å².